The number of β-amino-alcohol motifs (C(OH)–C–C–N with tert-alkyl or cyclic N) is 1. The molecule has 0 radical (unpaired) electrons. The van der Waals surface area contributed by atoms with Crippen LogP contribution in [0.5, 0.6) is 5.75 Å². The van der Waals surface area contributed by atoms with Gasteiger partial charge in [-0.05, 0) is 61.4 Å². The second-order valence-corrected chi connectivity index (χ2v) is 13.1. The molecule has 236 valence electrons. The third-order valence-corrected chi connectivity index (χ3v) is 8.47. The van der Waals surface area contributed by atoms with E-state index in [2.05, 4.69) is 33.2 Å². The summed E-state index contributed by atoms with van der Waals surface area (Å²) < 4.78 is 11.4. The second kappa shape index (κ2) is 13.0. The Bertz CT molecular complexity index is 1510. The molecule has 1 fully saturated rings. The normalized spacial score (nSPS) is 16.3. The number of fused-ring (bicyclic) bond motifs is 1. The van der Waals surface area contributed by atoms with Crippen molar-refractivity contribution in [3.8, 4) is 5.75 Å². The average molecular weight is 605 g/mol. The molecule has 0 aliphatic carbocycles. The number of carbonyl (C=O) groups excluding carboxylic acids is 2. The van der Waals surface area contributed by atoms with Crippen LogP contribution in [0.25, 0.3) is 0 Å². The lowest BCUT2D eigenvalue weighted by Crippen LogP contribution is -2.49. The third-order valence-electron chi connectivity index (χ3n) is 8.47. The fraction of sp³-hybridized carbons (Fsp3) is 0.545. The van der Waals surface area contributed by atoms with Crippen molar-refractivity contribution in [2.45, 2.75) is 79.1 Å². The molecule has 1 atom stereocenters. The van der Waals surface area contributed by atoms with Crippen molar-refractivity contribution < 1.29 is 23.8 Å². The van der Waals surface area contributed by atoms with Gasteiger partial charge in [0.05, 0.1) is 11.8 Å². The van der Waals surface area contributed by atoms with Gasteiger partial charge in [0.1, 0.15) is 23.9 Å². The quantitative estimate of drug-likeness (QED) is 0.358. The summed E-state index contributed by atoms with van der Waals surface area (Å²) in [5, 5.41) is 13.7. The summed E-state index contributed by atoms with van der Waals surface area (Å²) in [5.74, 6) is 2.23. The van der Waals surface area contributed by atoms with Crippen LogP contribution in [0.4, 0.5) is 0 Å². The Morgan fingerprint density at radius 2 is 1.98 bits per heavy atom. The summed E-state index contributed by atoms with van der Waals surface area (Å²) in [7, 11) is 0. The third kappa shape index (κ3) is 7.44. The van der Waals surface area contributed by atoms with E-state index in [1.54, 1.807) is 13.0 Å². The lowest BCUT2D eigenvalue weighted by Gasteiger charge is -2.38. The minimum absolute atomic E-state index is 0.0794. The highest BCUT2D eigenvalue weighted by Crippen LogP contribution is 2.30. The van der Waals surface area contributed by atoms with Gasteiger partial charge in [-0.3, -0.25) is 14.5 Å². The van der Waals surface area contributed by atoms with Crippen molar-refractivity contribution in [3.63, 3.8) is 0 Å². The lowest BCUT2D eigenvalue weighted by atomic mass is 9.92. The number of nitrogens with zero attached hydrogens (tertiary/aromatic N) is 5. The molecule has 11 heteroatoms. The number of hydrogen-bond donors (Lipinski definition) is 2. The first-order valence-corrected chi connectivity index (χ1v) is 15.3. The predicted molar refractivity (Wildman–Crippen MR) is 164 cm³/mol. The number of ether oxygens (including phenoxy) is 1. The van der Waals surface area contributed by atoms with E-state index in [0.29, 0.717) is 50.1 Å². The number of nitrogens with one attached hydrogen (secondary N) is 1. The highest BCUT2D eigenvalue weighted by atomic mass is 16.5. The first kappa shape index (κ1) is 31.6. The molecule has 0 spiro atoms. The number of aromatic nitrogens is 3. The van der Waals surface area contributed by atoms with Crippen LogP contribution in [0.2, 0.25) is 0 Å². The molecule has 1 aromatic carbocycles. The molecular weight excluding hydrogens is 560 g/mol. The molecule has 2 aliphatic heterocycles. The van der Waals surface area contributed by atoms with Crippen LogP contribution in [0.3, 0.4) is 0 Å². The van der Waals surface area contributed by atoms with E-state index >= 15 is 0 Å². The standard InChI is InChI=1S/C33H44N6O5/c1-20-27-9-10-38(16-24(27)7-8-29(20)43-18-30-21(2)35-19-44-30)17-26(41)13-34-31(42)28-12-25(36-32(37-28)33(4,5)6)11-23-14-39(15-23)22(3)40/h7-8,12,19,23,26,41H,9-11,13-18H2,1-6H3,(H,34,42)/t26-/m0/s1. The van der Waals surface area contributed by atoms with Gasteiger partial charge < -0.3 is 24.5 Å². The molecule has 2 aromatic heterocycles. The SMILES string of the molecule is CC(=O)N1CC(Cc2cc(C(=O)NC[C@H](O)CN3CCc4c(ccc(OCc5ocnc5C)c4C)C3)nc(C(C)(C)C)n2)C1. The van der Waals surface area contributed by atoms with Crippen LogP contribution in [0.15, 0.2) is 29.0 Å². The summed E-state index contributed by atoms with van der Waals surface area (Å²) in [6.45, 7) is 15.4. The molecule has 0 unspecified atom stereocenters. The minimum Gasteiger partial charge on any atom is -0.485 e. The van der Waals surface area contributed by atoms with Gasteiger partial charge in [0, 0.05) is 57.3 Å². The summed E-state index contributed by atoms with van der Waals surface area (Å²) in [5.41, 5.74) is 5.22. The molecule has 0 saturated carbocycles. The summed E-state index contributed by atoms with van der Waals surface area (Å²) in [4.78, 5) is 42.2. The fourth-order valence-corrected chi connectivity index (χ4v) is 5.77. The van der Waals surface area contributed by atoms with E-state index in [0.717, 1.165) is 48.0 Å². The Hall–Kier alpha value is -3.83. The number of aliphatic hydroxyl groups excluding tert-OH is 1. The van der Waals surface area contributed by atoms with Crippen molar-refractivity contribution >= 4 is 11.8 Å². The summed E-state index contributed by atoms with van der Waals surface area (Å²) >= 11 is 0. The van der Waals surface area contributed by atoms with Gasteiger partial charge >= 0.3 is 0 Å². The second-order valence-electron chi connectivity index (χ2n) is 13.1. The first-order valence-electron chi connectivity index (χ1n) is 15.3. The Morgan fingerprint density at radius 3 is 2.66 bits per heavy atom. The summed E-state index contributed by atoms with van der Waals surface area (Å²) in [6.07, 6.45) is 2.23. The van der Waals surface area contributed by atoms with Crippen molar-refractivity contribution in [2.24, 2.45) is 5.92 Å². The number of hydrogen-bond acceptors (Lipinski definition) is 9. The first-order chi connectivity index (χ1) is 20.9. The molecule has 2 amide bonds. The van der Waals surface area contributed by atoms with E-state index in [1.165, 1.54) is 17.5 Å². The number of aliphatic hydroxyl groups is 1. The highest BCUT2D eigenvalue weighted by Gasteiger charge is 2.30. The van der Waals surface area contributed by atoms with Gasteiger partial charge in [0.25, 0.3) is 5.91 Å². The molecule has 4 heterocycles. The molecule has 11 nitrogen and oxygen atoms in total. The van der Waals surface area contributed by atoms with Crippen LogP contribution in [0.1, 0.15) is 77.8 Å². The van der Waals surface area contributed by atoms with Crippen molar-refractivity contribution in [1.29, 1.82) is 0 Å². The zero-order valence-corrected chi connectivity index (χ0v) is 26.6. The molecule has 1 saturated heterocycles. The molecule has 44 heavy (non-hydrogen) atoms. The van der Waals surface area contributed by atoms with E-state index < -0.39 is 6.10 Å². The Morgan fingerprint density at radius 1 is 1.20 bits per heavy atom. The zero-order chi connectivity index (χ0) is 31.6. The maximum atomic E-state index is 13.2. The van der Waals surface area contributed by atoms with Gasteiger partial charge in [-0.25, -0.2) is 15.0 Å². The van der Waals surface area contributed by atoms with Crippen LogP contribution in [-0.2, 0) is 36.2 Å². The van der Waals surface area contributed by atoms with E-state index in [9.17, 15) is 14.7 Å². The fourth-order valence-electron chi connectivity index (χ4n) is 5.77. The van der Waals surface area contributed by atoms with Gasteiger partial charge in [-0.1, -0.05) is 26.8 Å². The lowest BCUT2D eigenvalue weighted by molar-refractivity contribution is -0.134. The van der Waals surface area contributed by atoms with Gasteiger partial charge in [-0.2, -0.15) is 0 Å². The number of benzene rings is 1. The molecular formula is C33H44N6O5. The monoisotopic (exact) mass is 604 g/mol. The van der Waals surface area contributed by atoms with Crippen molar-refractivity contribution in [1.82, 2.24) is 30.1 Å². The largest absolute Gasteiger partial charge is 0.485 e. The van der Waals surface area contributed by atoms with Crippen molar-refractivity contribution in [2.75, 3.05) is 32.7 Å². The number of oxazole rings is 1. The van der Waals surface area contributed by atoms with Crippen LogP contribution >= 0.6 is 0 Å². The van der Waals surface area contributed by atoms with E-state index in [-0.39, 0.29) is 23.8 Å². The van der Waals surface area contributed by atoms with Gasteiger partial charge in [-0.15, -0.1) is 0 Å². The van der Waals surface area contributed by atoms with Gasteiger partial charge in [0.15, 0.2) is 12.2 Å². The van der Waals surface area contributed by atoms with E-state index in [4.69, 9.17) is 14.1 Å². The topological polar surface area (TPSA) is 134 Å². The average Bonchev–Trinajstić information content (AvgIpc) is 3.36. The smallest absolute Gasteiger partial charge is 0.270 e. The number of rotatable bonds is 10. The highest BCUT2D eigenvalue weighted by molar-refractivity contribution is 5.92. The van der Waals surface area contributed by atoms with E-state index in [1.807, 2.05) is 38.7 Å². The number of carbonyl (C=O) groups is 2. The van der Waals surface area contributed by atoms with Crippen LogP contribution in [0, 0.1) is 19.8 Å². The van der Waals surface area contributed by atoms with Crippen LogP contribution in [-0.4, -0.2) is 80.5 Å². The Labute approximate surface area is 259 Å². The molecule has 5 rings (SSSR count). The molecule has 0 bridgehead atoms. The molecule has 2 aliphatic rings. The maximum Gasteiger partial charge on any atom is 0.270 e. The number of aryl methyl sites for hydroxylation is 1. The Balaban J connectivity index is 1.14. The van der Waals surface area contributed by atoms with Gasteiger partial charge in [0.2, 0.25) is 5.91 Å². The number of likely N-dealkylation sites (tertiary alicyclic amines) is 1. The molecule has 3 aromatic rings. The predicted octanol–water partition coefficient (Wildman–Crippen LogP) is 3.13. The Kier molecular flexibility index (Phi) is 9.36. The maximum absolute atomic E-state index is 13.2. The van der Waals surface area contributed by atoms with Crippen LogP contribution < -0.4 is 10.1 Å². The zero-order valence-electron chi connectivity index (χ0n) is 26.6. The minimum atomic E-state index is -0.731. The summed E-state index contributed by atoms with van der Waals surface area (Å²) in [6, 6.07) is 5.82. The number of amides is 2. The van der Waals surface area contributed by atoms with Crippen molar-refractivity contribution in [3.05, 3.63) is 69.9 Å². The molecule has 2 N–H and O–H groups in total.